The highest BCUT2D eigenvalue weighted by Crippen LogP contribution is 2.36. The minimum Gasteiger partial charge on any atom is -0.467 e. The van der Waals surface area contributed by atoms with Crippen molar-refractivity contribution in [1.82, 2.24) is 9.97 Å². The maximum absolute atomic E-state index is 12.8. The van der Waals surface area contributed by atoms with Crippen molar-refractivity contribution >= 4 is 26.6 Å². The van der Waals surface area contributed by atoms with Gasteiger partial charge in [0.25, 0.3) is 0 Å². The molecule has 0 spiro atoms. The molecular formula is C20H18F3N3O4S. The summed E-state index contributed by atoms with van der Waals surface area (Å²) in [5, 5.41) is 2.12. The Morgan fingerprint density at radius 3 is 2.48 bits per heavy atom. The molecule has 0 saturated carbocycles. The first kappa shape index (κ1) is 21.2. The van der Waals surface area contributed by atoms with Crippen LogP contribution in [0.2, 0.25) is 0 Å². The van der Waals surface area contributed by atoms with E-state index in [2.05, 4.69) is 14.2 Å². The van der Waals surface area contributed by atoms with Crippen LogP contribution in [0.5, 0.6) is 11.9 Å². The van der Waals surface area contributed by atoms with E-state index in [0.717, 1.165) is 22.0 Å². The third-order valence-corrected chi connectivity index (χ3v) is 6.04. The molecule has 4 rings (SSSR count). The molecule has 1 aromatic heterocycles. The molecule has 31 heavy (non-hydrogen) atoms. The Morgan fingerprint density at radius 2 is 1.81 bits per heavy atom. The highest BCUT2D eigenvalue weighted by molar-refractivity contribution is 7.87. The zero-order valence-electron chi connectivity index (χ0n) is 16.6. The van der Waals surface area contributed by atoms with Gasteiger partial charge in [-0.1, -0.05) is 30.3 Å². The third kappa shape index (κ3) is 3.85. The zero-order valence-corrected chi connectivity index (χ0v) is 17.4. The van der Waals surface area contributed by atoms with Gasteiger partial charge >= 0.3 is 21.6 Å². The summed E-state index contributed by atoms with van der Waals surface area (Å²) >= 11 is 0. The lowest BCUT2D eigenvalue weighted by Gasteiger charge is -2.31. The smallest absolute Gasteiger partial charge is 0.467 e. The molecule has 7 nitrogen and oxygen atoms in total. The van der Waals surface area contributed by atoms with Crippen LogP contribution in [0.25, 0.3) is 10.8 Å². The van der Waals surface area contributed by atoms with Gasteiger partial charge in [0.1, 0.15) is 0 Å². The van der Waals surface area contributed by atoms with E-state index in [9.17, 15) is 21.6 Å². The predicted molar refractivity (Wildman–Crippen MR) is 108 cm³/mol. The van der Waals surface area contributed by atoms with Gasteiger partial charge in [0.15, 0.2) is 0 Å². The predicted octanol–water partition coefficient (Wildman–Crippen LogP) is 3.74. The minimum atomic E-state index is -5.87. The Labute approximate surface area is 176 Å². The van der Waals surface area contributed by atoms with Gasteiger partial charge in [-0.2, -0.15) is 31.6 Å². The molecule has 0 amide bonds. The number of hydrogen-bond donors (Lipinski definition) is 0. The van der Waals surface area contributed by atoms with Crippen LogP contribution < -0.4 is 13.8 Å². The van der Waals surface area contributed by atoms with Crippen molar-refractivity contribution in [1.29, 1.82) is 0 Å². The van der Waals surface area contributed by atoms with Crippen LogP contribution in [0.3, 0.4) is 0 Å². The topological polar surface area (TPSA) is 81.6 Å². The third-order valence-electron chi connectivity index (χ3n) is 5.09. The number of alkyl halides is 3. The number of halogens is 3. The molecule has 0 saturated heterocycles. The zero-order chi connectivity index (χ0) is 22.4. The fraction of sp³-hybridized carbons (Fsp3) is 0.300. The van der Waals surface area contributed by atoms with E-state index in [0.29, 0.717) is 12.2 Å². The Balaban J connectivity index is 1.76. The summed E-state index contributed by atoms with van der Waals surface area (Å²) in [5.41, 5.74) is -2.99. The maximum atomic E-state index is 12.8. The lowest BCUT2D eigenvalue weighted by molar-refractivity contribution is -0.0501. The minimum absolute atomic E-state index is 0.199. The van der Waals surface area contributed by atoms with Gasteiger partial charge in [0.2, 0.25) is 5.88 Å². The molecule has 164 valence electrons. The molecule has 0 atom stereocenters. The summed E-state index contributed by atoms with van der Waals surface area (Å²) < 4.78 is 70.7. The summed E-state index contributed by atoms with van der Waals surface area (Å²) in [6.45, 7) is 2.64. The van der Waals surface area contributed by atoms with E-state index >= 15 is 0 Å². The molecule has 3 aromatic rings. The standard InChI is InChI=1S/C20H18F3N3O4S/c1-12-5-3-6-13-7-4-8-16(17(12)13)26-10-9-14-15(11-26)24-19(29-2)25-18(14)30-31(27,28)20(21,22)23/h3-8H,9-11H2,1-2H3. The van der Waals surface area contributed by atoms with Crippen molar-refractivity contribution in [3.63, 3.8) is 0 Å². The molecular weight excluding hydrogens is 435 g/mol. The molecule has 1 aliphatic rings. The largest absolute Gasteiger partial charge is 0.534 e. The fourth-order valence-electron chi connectivity index (χ4n) is 3.66. The number of nitrogens with zero attached hydrogens (tertiary/aromatic N) is 3. The van der Waals surface area contributed by atoms with E-state index in [-0.39, 0.29) is 24.5 Å². The number of rotatable bonds is 4. The number of aromatic nitrogens is 2. The van der Waals surface area contributed by atoms with Crippen LogP contribution in [0, 0.1) is 6.92 Å². The lowest BCUT2D eigenvalue weighted by atomic mass is 10.0. The van der Waals surface area contributed by atoms with Crippen LogP contribution in [0.4, 0.5) is 18.9 Å². The second kappa shape index (κ2) is 7.56. The van der Waals surface area contributed by atoms with Gasteiger partial charge in [-0.05, 0) is 30.4 Å². The SMILES string of the molecule is COc1nc2c(c(OS(=O)(=O)C(F)(F)F)n1)CCN(c1cccc3cccc(C)c13)C2. The highest BCUT2D eigenvalue weighted by atomic mass is 32.2. The molecule has 1 aliphatic heterocycles. The first-order valence-corrected chi connectivity index (χ1v) is 10.7. The number of ether oxygens (including phenoxy) is 1. The van der Waals surface area contributed by atoms with Crippen LogP contribution in [0.1, 0.15) is 16.8 Å². The van der Waals surface area contributed by atoms with E-state index in [1.807, 2.05) is 48.2 Å². The molecule has 2 heterocycles. The van der Waals surface area contributed by atoms with Crippen molar-refractivity contribution in [2.45, 2.75) is 25.4 Å². The number of methoxy groups -OCH3 is 1. The van der Waals surface area contributed by atoms with E-state index in [1.54, 1.807) is 0 Å². The number of aryl methyl sites for hydroxylation is 1. The maximum Gasteiger partial charge on any atom is 0.534 e. The molecule has 0 aliphatic carbocycles. The van der Waals surface area contributed by atoms with Crippen molar-refractivity contribution in [2.24, 2.45) is 0 Å². The average molecular weight is 453 g/mol. The first-order valence-electron chi connectivity index (χ1n) is 9.28. The summed E-state index contributed by atoms with van der Waals surface area (Å²) in [6, 6.07) is 11.6. The average Bonchev–Trinajstić information content (AvgIpc) is 2.72. The fourth-order valence-corrected chi connectivity index (χ4v) is 4.10. The van der Waals surface area contributed by atoms with Crippen LogP contribution in [0.15, 0.2) is 36.4 Å². The molecule has 0 fully saturated rings. The summed E-state index contributed by atoms with van der Waals surface area (Å²) in [6.07, 6.45) is 0.199. The molecule has 11 heteroatoms. The second-order valence-corrected chi connectivity index (χ2v) is 8.58. The molecule has 0 radical (unpaired) electrons. The Kier molecular flexibility index (Phi) is 5.16. The van der Waals surface area contributed by atoms with Gasteiger partial charge in [-0.25, -0.2) is 0 Å². The van der Waals surface area contributed by atoms with Crippen molar-refractivity contribution in [3.8, 4) is 11.9 Å². The van der Waals surface area contributed by atoms with E-state index in [1.165, 1.54) is 7.11 Å². The Hall–Kier alpha value is -3.08. The molecule has 2 aromatic carbocycles. The molecule has 0 bridgehead atoms. The monoisotopic (exact) mass is 453 g/mol. The lowest BCUT2D eigenvalue weighted by Crippen LogP contribution is -2.33. The highest BCUT2D eigenvalue weighted by Gasteiger charge is 2.49. The van der Waals surface area contributed by atoms with Gasteiger partial charge in [0, 0.05) is 23.2 Å². The second-order valence-electron chi connectivity index (χ2n) is 7.05. The van der Waals surface area contributed by atoms with Gasteiger partial charge in [-0.15, -0.1) is 0 Å². The normalized spacial score (nSPS) is 14.4. The Morgan fingerprint density at radius 1 is 1.10 bits per heavy atom. The van der Waals surface area contributed by atoms with Crippen LogP contribution in [-0.4, -0.2) is 37.5 Å². The molecule has 0 unspecified atom stereocenters. The summed E-state index contributed by atoms with van der Waals surface area (Å²) in [7, 11) is -4.63. The summed E-state index contributed by atoms with van der Waals surface area (Å²) in [4.78, 5) is 9.98. The number of benzene rings is 2. The Bertz CT molecular complexity index is 1260. The van der Waals surface area contributed by atoms with Crippen molar-refractivity contribution < 1.29 is 30.5 Å². The first-order chi connectivity index (χ1) is 14.6. The van der Waals surface area contributed by atoms with Crippen molar-refractivity contribution in [2.75, 3.05) is 18.6 Å². The van der Waals surface area contributed by atoms with Crippen molar-refractivity contribution in [3.05, 3.63) is 53.2 Å². The summed E-state index contributed by atoms with van der Waals surface area (Å²) in [5.74, 6) is -0.659. The van der Waals surface area contributed by atoms with Gasteiger partial charge in [-0.3, -0.25) is 0 Å². The number of hydrogen-bond acceptors (Lipinski definition) is 7. The van der Waals surface area contributed by atoms with E-state index in [4.69, 9.17) is 4.74 Å². The number of anilines is 1. The van der Waals surface area contributed by atoms with Gasteiger partial charge < -0.3 is 13.8 Å². The van der Waals surface area contributed by atoms with Crippen LogP contribution in [-0.2, 0) is 23.1 Å². The quantitative estimate of drug-likeness (QED) is 0.440. The molecule has 0 N–H and O–H groups in total. The van der Waals surface area contributed by atoms with Gasteiger partial charge in [0.05, 0.1) is 19.3 Å². The van der Waals surface area contributed by atoms with Crippen LogP contribution >= 0.6 is 0 Å². The van der Waals surface area contributed by atoms with E-state index < -0.39 is 21.5 Å². The number of fused-ring (bicyclic) bond motifs is 2.